The van der Waals surface area contributed by atoms with Crippen molar-refractivity contribution in [1.29, 1.82) is 0 Å². The first kappa shape index (κ1) is 24.4. The van der Waals surface area contributed by atoms with E-state index in [0.717, 1.165) is 6.07 Å². The molecule has 7 nitrogen and oxygen atoms in total. The topological polar surface area (TPSA) is 93.7 Å². The first-order valence-corrected chi connectivity index (χ1v) is 11.1. The van der Waals surface area contributed by atoms with Crippen LogP contribution in [0.1, 0.15) is 6.42 Å². The number of ether oxygens (including phenoxy) is 2. The van der Waals surface area contributed by atoms with Gasteiger partial charge in [-0.05, 0) is 36.4 Å². The van der Waals surface area contributed by atoms with Gasteiger partial charge < -0.3 is 14.8 Å². The second-order valence-electron chi connectivity index (χ2n) is 6.29. The molecule has 168 valence electrons. The van der Waals surface area contributed by atoms with Crippen molar-refractivity contribution in [3.05, 3.63) is 71.4 Å². The van der Waals surface area contributed by atoms with E-state index in [-0.39, 0.29) is 48.4 Å². The zero-order chi connectivity index (χ0) is 22.9. The van der Waals surface area contributed by atoms with Gasteiger partial charge in [-0.3, -0.25) is 9.52 Å². The van der Waals surface area contributed by atoms with Crippen molar-refractivity contribution in [2.24, 2.45) is 0 Å². The smallest absolute Gasteiger partial charge is 0.257 e. The van der Waals surface area contributed by atoms with Gasteiger partial charge in [0.05, 0.1) is 5.02 Å². The van der Waals surface area contributed by atoms with Crippen molar-refractivity contribution in [1.82, 2.24) is 10.0 Å². The van der Waals surface area contributed by atoms with E-state index in [1.807, 2.05) is 0 Å². The molecule has 0 fully saturated rings. The van der Waals surface area contributed by atoms with Gasteiger partial charge in [0.1, 0.15) is 35.5 Å². The minimum atomic E-state index is -3.70. The summed E-state index contributed by atoms with van der Waals surface area (Å²) in [5.74, 6) is -1.39. The van der Waals surface area contributed by atoms with Crippen LogP contribution in [0.5, 0.6) is 11.5 Å². The highest BCUT2D eigenvalue weighted by Crippen LogP contribution is 2.20. The molecule has 1 amide bonds. The van der Waals surface area contributed by atoms with Crippen LogP contribution in [-0.2, 0) is 14.8 Å². The SMILES string of the molecule is C=C(CCNC(=O)COc1ccc(Cl)c(F)c1)NS(=O)(=O)CCOc1ccc(F)cc1. The fourth-order valence-corrected chi connectivity index (χ4v) is 3.31. The number of sulfonamides is 1. The summed E-state index contributed by atoms with van der Waals surface area (Å²) in [6.45, 7) is 3.25. The highest BCUT2D eigenvalue weighted by molar-refractivity contribution is 7.89. The van der Waals surface area contributed by atoms with Gasteiger partial charge in [-0.15, -0.1) is 0 Å². The third-order valence-electron chi connectivity index (χ3n) is 3.74. The molecule has 0 saturated carbocycles. The van der Waals surface area contributed by atoms with Crippen molar-refractivity contribution >= 4 is 27.5 Å². The van der Waals surface area contributed by atoms with Crippen molar-refractivity contribution in [2.45, 2.75) is 6.42 Å². The molecule has 0 spiro atoms. The third-order valence-corrected chi connectivity index (χ3v) is 5.35. The highest BCUT2D eigenvalue weighted by Gasteiger charge is 2.12. The van der Waals surface area contributed by atoms with Crippen molar-refractivity contribution in [3.8, 4) is 11.5 Å². The predicted octanol–water partition coefficient (Wildman–Crippen LogP) is 3.02. The molecular weight excluding hydrogens is 454 g/mol. The van der Waals surface area contributed by atoms with Crippen LogP contribution in [0.3, 0.4) is 0 Å². The van der Waals surface area contributed by atoms with E-state index < -0.39 is 27.6 Å². The van der Waals surface area contributed by atoms with Gasteiger partial charge in [0.15, 0.2) is 6.61 Å². The molecule has 2 rings (SSSR count). The lowest BCUT2D eigenvalue weighted by molar-refractivity contribution is -0.123. The van der Waals surface area contributed by atoms with Crippen LogP contribution in [-0.4, -0.2) is 39.8 Å². The molecule has 0 aromatic heterocycles. The predicted molar refractivity (Wildman–Crippen MR) is 112 cm³/mol. The zero-order valence-corrected chi connectivity index (χ0v) is 17.9. The standard InChI is InChI=1S/C20H21ClF2N2O5S/c1-14(25-31(27,28)11-10-29-16-4-2-15(22)3-5-16)8-9-24-20(26)13-30-17-6-7-18(21)19(23)12-17/h2-7,12,25H,1,8-11,13H2,(H,24,26). The first-order chi connectivity index (χ1) is 14.6. The molecule has 0 saturated heterocycles. The average Bonchev–Trinajstić information content (AvgIpc) is 2.70. The number of carbonyl (C=O) groups is 1. The quantitative estimate of drug-likeness (QED) is 0.493. The Labute approximate surface area is 184 Å². The molecular formula is C20H21ClF2N2O5S. The minimum absolute atomic E-state index is 0.0558. The number of carbonyl (C=O) groups excluding carboxylic acids is 1. The van der Waals surface area contributed by atoms with E-state index in [1.54, 1.807) is 0 Å². The monoisotopic (exact) mass is 474 g/mol. The molecule has 0 aliphatic rings. The maximum atomic E-state index is 13.3. The van der Waals surface area contributed by atoms with Crippen LogP contribution in [0.15, 0.2) is 54.7 Å². The molecule has 0 unspecified atom stereocenters. The first-order valence-electron chi connectivity index (χ1n) is 9.06. The number of amides is 1. The van der Waals surface area contributed by atoms with Crippen molar-refractivity contribution < 1.29 is 31.5 Å². The Morgan fingerprint density at radius 3 is 2.42 bits per heavy atom. The molecule has 31 heavy (non-hydrogen) atoms. The summed E-state index contributed by atoms with van der Waals surface area (Å²) in [4.78, 5) is 11.8. The van der Waals surface area contributed by atoms with Crippen LogP contribution >= 0.6 is 11.6 Å². The summed E-state index contributed by atoms with van der Waals surface area (Å²) < 4.78 is 62.9. The molecule has 0 aliphatic carbocycles. The molecule has 2 aromatic rings. The van der Waals surface area contributed by atoms with Crippen LogP contribution in [0.4, 0.5) is 8.78 Å². The van der Waals surface area contributed by atoms with E-state index in [2.05, 4.69) is 16.6 Å². The Morgan fingerprint density at radius 1 is 1.06 bits per heavy atom. The second-order valence-corrected chi connectivity index (χ2v) is 8.54. The Morgan fingerprint density at radius 2 is 1.74 bits per heavy atom. The largest absolute Gasteiger partial charge is 0.492 e. The summed E-state index contributed by atoms with van der Waals surface area (Å²) in [6.07, 6.45) is 0.152. The molecule has 0 atom stereocenters. The van der Waals surface area contributed by atoms with Crippen molar-refractivity contribution in [2.75, 3.05) is 25.5 Å². The molecule has 0 radical (unpaired) electrons. The lowest BCUT2D eigenvalue weighted by atomic mass is 10.3. The molecule has 0 heterocycles. The van der Waals surface area contributed by atoms with Gasteiger partial charge in [-0.25, -0.2) is 17.2 Å². The molecule has 2 aromatic carbocycles. The van der Waals surface area contributed by atoms with Gasteiger partial charge >= 0.3 is 0 Å². The summed E-state index contributed by atoms with van der Waals surface area (Å²) in [5.41, 5.74) is 0.183. The van der Waals surface area contributed by atoms with E-state index in [0.29, 0.717) is 5.75 Å². The fourth-order valence-electron chi connectivity index (χ4n) is 2.24. The number of rotatable bonds is 12. The van der Waals surface area contributed by atoms with Gasteiger partial charge in [0, 0.05) is 24.7 Å². The van der Waals surface area contributed by atoms with E-state index in [9.17, 15) is 22.0 Å². The number of halogens is 3. The van der Waals surface area contributed by atoms with Gasteiger partial charge in [0.25, 0.3) is 5.91 Å². The van der Waals surface area contributed by atoms with E-state index in [1.165, 1.54) is 36.4 Å². The maximum Gasteiger partial charge on any atom is 0.257 e. The maximum absolute atomic E-state index is 13.3. The van der Waals surface area contributed by atoms with Crippen molar-refractivity contribution in [3.63, 3.8) is 0 Å². The van der Waals surface area contributed by atoms with Gasteiger partial charge in [-0.1, -0.05) is 18.2 Å². The summed E-state index contributed by atoms with van der Waals surface area (Å²) in [7, 11) is -3.70. The van der Waals surface area contributed by atoms with Crippen LogP contribution in [0, 0.1) is 11.6 Å². The number of benzene rings is 2. The Bertz CT molecular complexity index is 1020. The zero-order valence-electron chi connectivity index (χ0n) is 16.4. The minimum Gasteiger partial charge on any atom is -0.492 e. The third kappa shape index (κ3) is 9.22. The second kappa shape index (κ2) is 11.5. The van der Waals surface area contributed by atoms with E-state index in [4.69, 9.17) is 21.1 Å². The average molecular weight is 475 g/mol. The number of hydrogen-bond donors (Lipinski definition) is 2. The van der Waals surface area contributed by atoms with E-state index >= 15 is 0 Å². The molecule has 0 aliphatic heterocycles. The Kier molecular flexibility index (Phi) is 9.07. The summed E-state index contributed by atoms with van der Waals surface area (Å²) in [6, 6.07) is 8.99. The summed E-state index contributed by atoms with van der Waals surface area (Å²) >= 11 is 5.56. The Hall–Kier alpha value is -2.85. The number of hydrogen-bond acceptors (Lipinski definition) is 5. The Balaban J connectivity index is 1.63. The normalized spacial score (nSPS) is 10.9. The van der Waals surface area contributed by atoms with Crippen LogP contribution in [0.25, 0.3) is 0 Å². The lowest BCUT2D eigenvalue weighted by Gasteiger charge is -2.12. The fraction of sp³-hybridized carbons (Fsp3) is 0.250. The van der Waals surface area contributed by atoms with Crippen LogP contribution in [0.2, 0.25) is 5.02 Å². The summed E-state index contributed by atoms with van der Waals surface area (Å²) in [5, 5.41) is 2.47. The molecule has 11 heteroatoms. The van der Waals surface area contributed by atoms with Gasteiger partial charge in [0.2, 0.25) is 10.0 Å². The molecule has 2 N–H and O–H groups in total. The number of nitrogens with one attached hydrogen (secondary N) is 2. The lowest BCUT2D eigenvalue weighted by Crippen LogP contribution is -2.32. The highest BCUT2D eigenvalue weighted by atomic mass is 35.5. The molecule has 0 bridgehead atoms. The van der Waals surface area contributed by atoms with Crippen LogP contribution < -0.4 is 19.5 Å². The van der Waals surface area contributed by atoms with Gasteiger partial charge in [-0.2, -0.15) is 0 Å².